The molecular weight excluding hydrogens is 204 g/mol. The summed E-state index contributed by atoms with van der Waals surface area (Å²) >= 11 is 0. The van der Waals surface area contributed by atoms with Crippen molar-refractivity contribution in [3.05, 3.63) is 17.0 Å². The summed E-state index contributed by atoms with van der Waals surface area (Å²) in [4.78, 5) is 32.9. The number of aromatic nitrogens is 2. The highest BCUT2D eigenvalue weighted by molar-refractivity contribution is 6.06. The molecule has 1 aromatic heterocycles. The van der Waals surface area contributed by atoms with Crippen LogP contribution in [0.1, 0.15) is 31.3 Å². The van der Waals surface area contributed by atoms with E-state index >= 15 is 0 Å². The number of nitrogens with one attached hydrogen (secondary N) is 1. The van der Waals surface area contributed by atoms with Crippen molar-refractivity contribution in [3.63, 3.8) is 0 Å². The Hall–Kier alpha value is -2.18. The third-order valence-corrected chi connectivity index (χ3v) is 1.68. The zero-order valence-electron chi connectivity index (χ0n) is 8.07. The normalized spacial score (nSPS) is 9.47. The van der Waals surface area contributed by atoms with E-state index in [9.17, 15) is 14.4 Å². The molecular formula is C8H8N2O5. The molecule has 0 saturated heterocycles. The van der Waals surface area contributed by atoms with E-state index in [2.05, 4.69) is 19.7 Å². The van der Waals surface area contributed by atoms with Crippen molar-refractivity contribution < 1.29 is 23.9 Å². The number of ether oxygens (including phenoxy) is 2. The number of nitrogens with zero attached hydrogens (tertiary/aromatic N) is 1. The van der Waals surface area contributed by atoms with Crippen molar-refractivity contribution >= 4 is 18.2 Å². The van der Waals surface area contributed by atoms with Crippen molar-refractivity contribution in [1.82, 2.24) is 10.2 Å². The molecule has 0 unspecified atom stereocenters. The standard InChI is InChI=1S/C8H8N2O5/c1-14-7(12)5-4(3-11)9-10-6(5)8(13)15-2/h3H,1-2H3,(H,9,10). The number of H-pyrrole nitrogens is 1. The number of carbonyl (C=O) groups is 3. The summed E-state index contributed by atoms with van der Waals surface area (Å²) < 4.78 is 8.79. The SMILES string of the molecule is COC(=O)c1n[nH]c(C=O)c1C(=O)OC. The van der Waals surface area contributed by atoms with Crippen LogP contribution in [0.2, 0.25) is 0 Å². The molecule has 0 radical (unpaired) electrons. The molecule has 7 heteroatoms. The highest BCUT2D eigenvalue weighted by Gasteiger charge is 2.26. The molecule has 1 aromatic rings. The molecule has 1 N–H and O–H groups in total. The Morgan fingerprint density at radius 1 is 1.27 bits per heavy atom. The molecule has 0 spiro atoms. The Morgan fingerprint density at radius 2 is 1.87 bits per heavy atom. The Balaban J connectivity index is 3.29. The van der Waals surface area contributed by atoms with Crippen molar-refractivity contribution in [1.29, 1.82) is 0 Å². The van der Waals surface area contributed by atoms with Crippen LogP contribution in [0.3, 0.4) is 0 Å². The predicted octanol–water partition coefficient (Wildman–Crippen LogP) is -0.205. The van der Waals surface area contributed by atoms with Crippen molar-refractivity contribution in [2.45, 2.75) is 0 Å². The van der Waals surface area contributed by atoms with Gasteiger partial charge >= 0.3 is 11.9 Å². The summed E-state index contributed by atoms with van der Waals surface area (Å²) in [6.07, 6.45) is 0.367. The zero-order chi connectivity index (χ0) is 11.4. The fourth-order valence-electron chi connectivity index (χ4n) is 0.994. The first kappa shape index (κ1) is 10.9. The molecule has 0 fully saturated rings. The van der Waals surface area contributed by atoms with Crippen LogP contribution in [0.25, 0.3) is 0 Å². The maximum absolute atomic E-state index is 11.2. The lowest BCUT2D eigenvalue weighted by atomic mass is 10.2. The third-order valence-electron chi connectivity index (χ3n) is 1.68. The van der Waals surface area contributed by atoms with E-state index in [1.807, 2.05) is 0 Å². The minimum absolute atomic E-state index is 0.123. The van der Waals surface area contributed by atoms with Crippen LogP contribution in [0, 0.1) is 0 Å². The van der Waals surface area contributed by atoms with Crippen molar-refractivity contribution in [2.24, 2.45) is 0 Å². The molecule has 7 nitrogen and oxygen atoms in total. The first-order valence-electron chi connectivity index (χ1n) is 3.85. The lowest BCUT2D eigenvalue weighted by Gasteiger charge is -1.99. The summed E-state index contributed by atoms with van der Waals surface area (Å²) in [6, 6.07) is 0. The predicted molar refractivity (Wildman–Crippen MR) is 46.7 cm³/mol. The lowest BCUT2D eigenvalue weighted by Crippen LogP contribution is -2.11. The fraction of sp³-hybridized carbons (Fsp3) is 0.250. The van der Waals surface area contributed by atoms with Gasteiger partial charge in [-0.05, 0) is 0 Å². The van der Waals surface area contributed by atoms with Gasteiger partial charge in [0.15, 0.2) is 12.0 Å². The fourth-order valence-corrected chi connectivity index (χ4v) is 0.994. The molecule has 80 valence electrons. The Morgan fingerprint density at radius 3 is 2.33 bits per heavy atom. The van der Waals surface area contributed by atoms with Crippen LogP contribution >= 0.6 is 0 Å². The first-order chi connectivity index (χ1) is 7.15. The molecule has 0 aromatic carbocycles. The summed E-state index contributed by atoms with van der Waals surface area (Å²) in [5, 5.41) is 5.73. The second kappa shape index (κ2) is 4.36. The number of methoxy groups -OCH3 is 2. The van der Waals surface area contributed by atoms with Gasteiger partial charge in [-0.15, -0.1) is 0 Å². The van der Waals surface area contributed by atoms with Gasteiger partial charge in [0.2, 0.25) is 0 Å². The van der Waals surface area contributed by atoms with E-state index in [-0.39, 0.29) is 17.0 Å². The van der Waals surface area contributed by atoms with Crippen LogP contribution in [-0.4, -0.2) is 42.6 Å². The van der Waals surface area contributed by atoms with E-state index in [0.717, 1.165) is 14.2 Å². The Labute approximate surface area is 84.4 Å². The van der Waals surface area contributed by atoms with Gasteiger partial charge in [-0.2, -0.15) is 5.10 Å². The second-order valence-electron chi connectivity index (χ2n) is 2.46. The van der Waals surface area contributed by atoms with E-state index in [1.165, 1.54) is 0 Å². The van der Waals surface area contributed by atoms with Gasteiger partial charge in [0.05, 0.1) is 14.2 Å². The van der Waals surface area contributed by atoms with Crippen LogP contribution < -0.4 is 0 Å². The molecule has 1 heterocycles. The van der Waals surface area contributed by atoms with Gasteiger partial charge in [-0.1, -0.05) is 0 Å². The van der Waals surface area contributed by atoms with E-state index in [1.54, 1.807) is 0 Å². The highest BCUT2D eigenvalue weighted by atomic mass is 16.5. The van der Waals surface area contributed by atoms with Gasteiger partial charge in [-0.25, -0.2) is 9.59 Å². The quantitative estimate of drug-likeness (QED) is 0.550. The maximum atomic E-state index is 11.2. The Bertz CT molecular complexity index is 409. The molecule has 0 aliphatic carbocycles. The number of hydrogen-bond donors (Lipinski definition) is 1. The minimum atomic E-state index is -0.828. The summed E-state index contributed by atoms with van der Waals surface area (Å²) in [6.45, 7) is 0. The van der Waals surface area contributed by atoms with Crippen LogP contribution in [-0.2, 0) is 9.47 Å². The maximum Gasteiger partial charge on any atom is 0.359 e. The highest BCUT2D eigenvalue weighted by Crippen LogP contribution is 2.12. The van der Waals surface area contributed by atoms with Gasteiger partial charge < -0.3 is 9.47 Å². The lowest BCUT2D eigenvalue weighted by molar-refractivity contribution is 0.0551. The van der Waals surface area contributed by atoms with Crippen molar-refractivity contribution in [2.75, 3.05) is 14.2 Å². The monoisotopic (exact) mass is 212 g/mol. The molecule has 0 bridgehead atoms. The molecule has 1 rings (SSSR count). The van der Waals surface area contributed by atoms with E-state index < -0.39 is 11.9 Å². The van der Waals surface area contributed by atoms with E-state index in [4.69, 9.17) is 0 Å². The topological polar surface area (TPSA) is 98.4 Å². The third kappa shape index (κ3) is 1.85. The van der Waals surface area contributed by atoms with Gasteiger partial charge in [0.1, 0.15) is 11.3 Å². The largest absolute Gasteiger partial charge is 0.465 e. The average Bonchev–Trinajstić information content (AvgIpc) is 2.70. The van der Waals surface area contributed by atoms with E-state index in [0.29, 0.717) is 6.29 Å². The smallest absolute Gasteiger partial charge is 0.359 e. The molecule has 15 heavy (non-hydrogen) atoms. The number of aldehydes is 1. The molecule has 0 amide bonds. The number of aromatic amines is 1. The van der Waals surface area contributed by atoms with Gasteiger partial charge in [0, 0.05) is 0 Å². The van der Waals surface area contributed by atoms with Crippen molar-refractivity contribution in [3.8, 4) is 0 Å². The zero-order valence-corrected chi connectivity index (χ0v) is 8.07. The first-order valence-corrected chi connectivity index (χ1v) is 3.85. The molecule has 0 saturated carbocycles. The number of hydrogen-bond acceptors (Lipinski definition) is 6. The van der Waals surface area contributed by atoms with Crippen LogP contribution in [0.5, 0.6) is 0 Å². The summed E-state index contributed by atoms with van der Waals surface area (Å²) in [5.41, 5.74) is -0.618. The molecule has 0 aliphatic rings. The summed E-state index contributed by atoms with van der Waals surface area (Å²) in [7, 11) is 2.27. The van der Waals surface area contributed by atoms with Gasteiger partial charge in [0.25, 0.3) is 0 Å². The number of carbonyl (C=O) groups excluding carboxylic acids is 3. The number of rotatable bonds is 3. The molecule has 0 atom stereocenters. The van der Waals surface area contributed by atoms with Gasteiger partial charge in [-0.3, -0.25) is 9.89 Å². The summed E-state index contributed by atoms with van der Waals surface area (Å²) in [5.74, 6) is -1.65. The average molecular weight is 212 g/mol. The van der Waals surface area contributed by atoms with Crippen LogP contribution in [0.4, 0.5) is 0 Å². The second-order valence-corrected chi connectivity index (χ2v) is 2.46. The Kier molecular flexibility index (Phi) is 3.17. The molecule has 0 aliphatic heterocycles. The minimum Gasteiger partial charge on any atom is -0.465 e. The van der Waals surface area contributed by atoms with Crippen LogP contribution in [0.15, 0.2) is 0 Å². The number of esters is 2.